The summed E-state index contributed by atoms with van der Waals surface area (Å²) in [7, 11) is 0. The van der Waals surface area contributed by atoms with E-state index in [0.29, 0.717) is 24.0 Å². The molecule has 2 N–H and O–H groups in total. The number of alkyl halides is 3. The average molecular weight is 434 g/mol. The predicted octanol–water partition coefficient (Wildman–Crippen LogP) is 1.16. The highest BCUT2D eigenvalue weighted by Gasteiger charge is 2.43. The molecule has 7 nitrogen and oxygen atoms in total. The molecule has 11 heteroatoms. The van der Waals surface area contributed by atoms with Crippen molar-refractivity contribution in [1.29, 1.82) is 0 Å². The first-order valence-electron chi connectivity index (χ1n) is 9.09. The van der Waals surface area contributed by atoms with Gasteiger partial charge >= 0.3 is 6.18 Å². The molecule has 2 aromatic rings. The molecule has 1 amide bonds. The first-order valence-corrected chi connectivity index (χ1v) is 9.09. The SMILES string of the molecule is Cl.O=C(CCn1ncc(=O)c2ccccc21)NCC(N1CCNCC1)C(F)(F)F. The molecular weight excluding hydrogens is 411 g/mol. The van der Waals surface area contributed by atoms with E-state index < -0.39 is 24.7 Å². The van der Waals surface area contributed by atoms with E-state index in [2.05, 4.69) is 15.7 Å². The van der Waals surface area contributed by atoms with Gasteiger partial charge in [0.25, 0.3) is 0 Å². The number of piperazine rings is 1. The highest BCUT2D eigenvalue weighted by Crippen LogP contribution is 2.24. The van der Waals surface area contributed by atoms with E-state index >= 15 is 0 Å². The van der Waals surface area contributed by atoms with Gasteiger partial charge in [-0.1, -0.05) is 12.1 Å². The lowest BCUT2D eigenvalue weighted by molar-refractivity contribution is -0.184. The van der Waals surface area contributed by atoms with Crippen LogP contribution >= 0.6 is 12.4 Å². The molecule has 1 aliphatic heterocycles. The van der Waals surface area contributed by atoms with Crippen LogP contribution in [0, 0.1) is 0 Å². The fourth-order valence-electron chi connectivity index (χ4n) is 3.29. The Kier molecular flexibility index (Phi) is 8.00. The molecule has 2 heterocycles. The number of carbonyl (C=O) groups excluding carboxylic acids is 1. The normalized spacial score (nSPS) is 16.2. The Hall–Kier alpha value is -2.17. The van der Waals surface area contributed by atoms with Gasteiger partial charge in [-0.2, -0.15) is 18.3 Å². The summed E-state index contributed by atoms with van der Waals surface area (Å²) in [6, 6.07) is 5.16. The minimum Gasteiger partial charge on any atom is -0.354 e. The molecule has 0 aliphatic carbocycles. The molecule has 29 heavy (non-hydrogen) atoms. The second kappa shape index (κ2) is 10.0. The number of nitrogens with zero attached hydrogens (tertiary/aromatic N) is 3. The van der Waals surface area contributed by atoms with Crippen LogP contribution in [0.15, 0.2) is 35.3 Å². The maximum Gasteiger partial charge on any atom is 0.405 e. The number of hydrogen-bond donors (Lipinski definition) is 2. The third-order valence-electron chi connectivity index (χ3n) is 4.78. The number of amides is 1. The Bertz CT molecular complexity index is 884. The quantitative estimate of drug-likeness (QED) is 0.714. The number of rotatable bonds is 6. The van der Waals surface area contributed by atoms with Gasteiger partial charge in [-0.3, -0.25) is 19.2 Å². The molecule has 3 rings (SSSR count). The van der Waals surface area contributed by atoms with Crippen molar-refractivity contribution >= 4 is 29.2 Å². The molecule has 0 radical (unpaired) electrons. The number of carbonyl (C=O) groups is 1. The zero-order valence-electron chi connectivity index (χ0n) is 15.6. The summed E-state index contributed by atoms with van der Waals surface area (Å²) < 4.78 is 41.6. The van der Waals surface area contributed by atoms with Crippen molar-refractivity contribution in [1.82, 2.24) is 25.3 Å². The van der Waals surface area contributed by atoms with Crippen LogP contribution in [-0.2, 0) is 11.3 Å². The van der Waals surface area contributed by atoms with Gasteiger partial charge in [-0.15, -0.1) is 12.4 Å². The zero-order valence-corrected chi connectivity index (χ0v) is 16.4. The maximum absolute atomic E-state index is 13.4. The topological polar surface area (TPSA) is 79.3 Å². The monoisotopic (exact) mass is 433 g/mol. The molecular formula is C18H23ClF3N5O2. The van der Waals surface area contributed by atoms with E-state index in [1.165, 1.54) is 15.8 Å². The summed E-state index contributed by atoms with van der Waals surface area (Å²) in [6.07, 6.45) is -3.28. The van der Waals surface area contributed by atoms with Crippen LogP contribution in [0.2, 0.25) is 0 Å². The van der Waals surface area contributed by atoms with E-state index in [1.54, 1.807) is 24.3 Å². The van der Waals surface area contributed by atoms with Gasteiger partial charge in [0, 0.05) is 44.5 Å². The number of benzene rings is 1. The van der Waals surface area contributed by atoms with Crippen molar-refractivity contribution in [3.8, 4) is 0 Å². The molecule has 1 saturated heterocycles. The van der Waals surface area contributed by atoms with Crippen molar-refractivity contribution in [2.75, 3.05) is 32.7 Å². The summed E-state index contributed by atoms with van der Waals surface area (Å²) >= 11 is 0. The minimum atomic E-state index is -4.42. The van der Waals surface area contributed by atoms with Gasteiger partial charge in [0.2, 0.25) is 11.3 Å². The van der Waals surface area contributed by atoms with Crippen LogP contribution in [0.3, 0.4) is 0 Å². The Labute approximate surface area is 171 Å². The fraction of sp³-hybridized carbons (Fsp3) is 0.500. The second-order valence-electron chi connectivity index (χ2n) is 6.65. The summed E-state index contributed by atoms with van der Waals surface area (Å²) in [5.74, 6) is -0.492. The summed E-state index contributed by atoms with van der Waals surface area (Å²) in [5, 5.41) is 9.90. The maximum atomic E-state index is 13.4. The van der Waals surface area contributed by atoms with E-state index in [1.807, 2.05) is 0 Å². The minimum absolute atomic E-state index is 0. The molecule has 1 atom stereocenters. The molecule has 0 spiro atoms. The van der Waals surface area contributed by atoms with Gasteiger partial charge in [-0.05, 0) is 12.1 Å². The molecule has 1 aromatic carbocycles. The summed E-state index contributed by atoms with van der Waals surface area (Å²) in [4.78, 5) is 25.3. The largest absolute Gasteiger partial charge is 0.405 e. The van der Waals surface area contributed by atoms with Gasteiger partial charge in [-0.25, -0.2) is 0 Å². The molecule has 1 aliphatic rings. The standard InChI is InChI=1S/C18H22F3N5O2.ClH/c19-18(20,21)16(25-9-6-22-7-10-25)12-23-17(28)5-8-26-14-4-2-1-3-13(14)15(27)11-24-26;/h1-4,11,16,22H,5-10,12H2,(H,23,28);1H. The van der Waals surface area contributed by atoms with Crippen LogP contribution in [-0.4, -0.2) is 65.5 Å². The Morgan fingerprint density at radius 1 is 1.24 bits per heavy atom. The lowest BCUT2D eigenvalue weighted by atomic mass is 10.2. The van der Waals surface area contributed by atoms with Crippen LogP contribution < -0.4 is 16.1 Å². The summed E-state index contributed by atoms with van der Waals surface area (Å²) in [5.41, 5.74) is 0.358. The second-order valence-corrected chi connectivity index (χ2v) is 6.65. The lowest BCUT2D eigenvalue weighted by Crippen LogP contribution is -2.57. The number of para-hydroxylation sites is 1. The van der Waals surface area contributed by atoms with Crippen molar-refractivity contribution in [3.05, 3.63) is 40.7 Å². The molecule has 0 bridgehead atoms. The molecule has 160 valence electrons. The van der Waals surface area contributed by atoms with Crippen LogP contribution in [0.1, 0.15) is 6.42 Å². The van der Waals surface area contributed by atoms with E-state index in [-0.39, 0.29) is 43.9 Å². The first-order chi connectivity index (χ1) is 13.4. The van der Waals surface area contributed by atoms with E-state index in [0.717, 1.165) is 0 Å². The fourth-order valence-corrected chi connectivity index (χ4v) is 3.29. The van der Waals surface area contributed by atoms with Crippen LogP contribution in [0.4, 0.5) is 13.2 Å². The van der Waals surface area contributed by atoms with Gasteiger partial charge in [0.1, 0.15) is 6.04 Å². The average Bonchev–Trinajstić information content (AvgIpc) is 2.68. The smallest absolute Gasteiger partial charge is 0.354 e. The molecule has 1 unspecified atom stereocenters. The molecule has 1 fully saturated rings. The number of aromatic nitrogens is 2. The lowest BCUT2D eigenvalue weighted by Gasteiger charge is -2.35. The van der Waals surface area contributed by atoms with Gasteiger partial charge in [0.15, 0.2) is 0 Å². The van der Waals surface area contributed by atoms with Crippen LogP contribution in [0.25, 0.3) is 10.9 Å². The predicted molar refractivity (Wildman–Crippen MR) is 105 cm³/mol. The summed E-state index contributed by atoms with van der Waals surface area (Å²) in [6.45, 7) is 1.23. The zero-order chi connectivity index (χ0) is 20.1. The van der Waals surface area contributed by atoms with Crippen molar-refractivity contribution < 1.29 is 18.0 Å². The van der Waals surface area contributed by atoms with Crippen LogP contribution in [0.5, 0.6) is 0 Å². The van der Waals surface area contributed by atoms with Crippen molar-refractivity contribution in [2.45, 2.75) is 25.2 Å². The molecule has 0 saturated carbocycles. The highest BCUT2D eigenvalue weighted by molar-refractivity contribution is 5.85. The number of fused-ring (bicyclic) bond motifs is 1. The third-order valence-corrected chi connectivity index (χ3v) is 4.78. The van der Waals surface area contributed by atoms with Gasteiger partial charge < -0.3 is 10.6 Å². The number of nitrogens with one attached hydrogen (secondary N) is 2. The Morgan fingerprint density at radius 2 is 1.93 bits per heavy atom. The molecule has 1 aromatic heterocycles. The van der Waals surface area contributed by atoms with E-state index in [9.17, 15) is 22.8 Å². The number of aryl methyl sites for hydroxylation is 1. The highest BCUT2D eigenvalue weighted by atomic mass is 35.5. The number of halogens is 4. The third kappa shape index (κ3) is 5.91. The number of hydrogen-bond acceptors (Lipinski definition) is 5. The van der Waals surface area contributed by atoms with E-state index in [4.69, 9.17) is 0 Å². The van der Waals surface area contributed by atoms with Gasteiger partial charge in [0.05, 0.1) is 18.3 Å². The Balaban J connectivity index is 0.00000300. The van der Waals surface area contributed by atoms with Crippen molar-refractivity contribution in [3.63, 3.8) is 0 Å². The van der Waals surface area contributed by atoms with Crippen molar-refractivity contribution in [2.24, 2.45) is 0 Å². The first kappa shape index (κ1) is 23.1. The Morgan fingerprint density at radius 3 is 2.62 bits per heavy atom.